The van der Waals surface area contributed by atoms with Crippen LogP contribution in [-0.2, 0) is 10.0 Å². The molecule has 2 heterocycles. The second kappa shape index (κ2) is 7.61. The van der Waals surface area contributed by atoms with Gasteiger partial charge in [-0.05, 0) is 41.8 Å². The summed E-state index contributed by atoms with van der Waals surface area (Å²) in [6.07, 6.45) is 1.58. The van der Waals surface area contributed by atoms with Gasteiger partial charge in [0.2, 0.25) is 10.0 Å². The molecule has 0 radical (unpaired) electrons. The van der Waals surface area contributed by atoms with E-state index in [-0.39, 0.29) is 22.4 Å². The van der Waals surface area contributed by atoms with Gasteiger partial charge in [-0.1, -0.05) is 17.7 Å². The Morgan fingerprint density at radius 2 is 2.12 bits per heavy atom. The van der Waals surface area contributed by atoms with Crippen LogP contribution in [0.5, 0.6) is 5.75 Å². The average Bonchev–Trinajstić information content (AvgIpc) is 3.29. The summed E-state index contributed by atoms with van der Waals surface area (Å²) in [4.78, 5) is 1.10. The fraction of sp³-hybridized carbons (Fsp3) is 0.176. The lowest BCUT2D eigenvalue weighted by Gasteiger charge is -2.15. The van der Waals surface area contributed by atoms with E-state index in [1.54, 1.807) is 23.7 Å². The molecule has 0 fully saturated rings. The van der Waals surface area contributed by atoms with Crippen LogP contribution in [0.25, 0.3) is 0 Å². The molecule has 132 valence electrons. The third-order valence-electron chi connectivity index (χ3n) is 3.68. The van der Waals surface area contributed by atoms with Crippen molar-refractivity contribution in [3.05, 3.63) is 69.8 Å². The molecule has 5 nitrogen and oxygen atoms in total. The van der Waals surface area contributed by atoms with Gasteiger partial charge in [0.1, 0.15) is 11.5 Å². The molecule has 0 aliphatic heterocycles. The summed E-state index contributed by atoms with van der Waals surface area (Å²) in [5, 5.41) is 2.19. The van der Waals surface area contributed by atoms with E-state index < -0.39 is 10.0 Å². The number of thiophene rings is 1. The van der Waals surface area contributed by atoms with Crippen molar-refractivity contribution in [2.24, 2.45) is 0 Å². The van der Waals surface area contributed by atoms with Gasteiger partial charge in [0.05, 0.1) is 29.2 Å². The highest BCUT2D eigenvalue weighted by Gasteiger charge is 2.22. The number of halogens is 1. The van der Waals surface area contributed by atoms with Gasteiger partial charge >= 0.3 is 0 Å². The van der Waals surface area contributed by atoms with Crippen LogP contribution in [0, 0.1) is 0 Å². The van der Waals surface area contributed by atoms with E-state index in [0.29, 0.717) is 11.5 Å². The summed E-state index contributed by atoms with van der Waals surface area (Å²) in [5.74, 6) is 0.934. The van der Waals surface area contributed by atoms with Crippen LogP contribution < -0.4 is 9.46 Å². The molecule has 0 saturated carbocycles. The third-order valence-corrected chi connectivity index (χ3v) is 6.39. The Morgan fingerprint density at radius 3 is 2.72 bits per heavy atom. The summed E-state index contributed by atoms with van der Waals surface area (Å²) in [5.41, 5.74) is 0. The predicted molar refractivity (Wildman–Crippen MR) is 98.1 cm³/mol. The quantitative estimate of drug-likeness (QED) is 0.651. The van der Waals surface area contributed by atoms with Crippen molar-refractivity contribution in [1.82, 2.24) is 4.72 Å². The standard InChI is InChI=1S/C17H16ClNO4S2/c1-22-16-7-6-12(10-14(16)18)25(20,21)19-11-13(15-4-2-8-23-15)17-5-3-9-24-17/h2-10,13,19H,11H2,1H3/t13-/m1/s1. The van der Waals surface area contributed by atoms with Crippen LogP contribution in [0.15, 0.2) is 63.4 Å². The molecule has 1 atom stereocenters. The van der Waals surface area contributed by atoms with Crippen LogP contribution in [0.4, 0.5) is 0 Å². The molecule has 3 rings (SSSR count). The Balaban J connectivity index is 1.81. The molecule has 0 bridgehead atoms. The SMILES string of the molecule is COc1ccc(S(=O)(=O)NC[C@H](c2ccco2)c2cccs2)cc1Cl. The second-order valence-electron chi connectivity index (χ2n) is 5.23. The summed E-state index contributed by atoms with van der Waals surface area (Å²) in [6.45, 7) is 0.181. The molecule has 0 unspecified atom stereocenters. The zero-order chi connectivity index (χ0) is 17.9. The van der Waals surface area contributed by atoms with Crippen LogP contribution in [-0.4, -0.2) is 22.1 Å². The van der Waals surface area contributed by atoms with E-state index >= 15 is 0 Å². The number of ether oxygens (including phenoxy) is 1. The monoisotopic (exact) mass is 397 g/mol. The molecule has 3 aromatic rings. The summed E-state index contributed by atoms with van der Waals surface area (Å²) in [7, 11) is -2.24. The molecule has 2 aromatic heterocycles. The van der Waals surface area contributed by atoms with Gasteiger partial charge in [0.15, 0.2) is 0 Å². The average molecular weight is 398 g/mol. The third kappa shape index (κ3) is 4.07. The zero-order valence-electron chi connectivity index (χ0n) is 13.3. The molecule has 0 saturated heterocycles. The van der Waals surface area contributed by atoms with E-state index in [1.165, 1.54) is 25.3 Å². The van der Waals surface area contributed by atoms with Crippen molar-refractivity contribution < 1.29 is 17.6 Å². The van der Waals surface area contributed by atoms with Crippen molar-refractivity contribution in [2.45, 2.75) is 10.8 Å². The molecule has 0 aliphatic rings. The van der Waals surface area contributed by atoms with E-state index in [0.717, 1.165) is 4.88 Å². The van der Waals surface area contributed by atoms with E-state index in [1.807, 2.05) is 23.6 Å². The maximum absolute atomic E-state index is 12.6. The molecular weight excluding hydrogens is 382 g/mol. The maximum Gasteiger partial charge on any atom is 0.240 e. The fourth-order valence-corrected chi connectivity index (χ4v) is 4.64. The van der Waals surface area contributed by atoms with E-state index in [4.69, 9.17) is 20.8 Å². The first-order valence-electron chi connectivity index (χ1n) is 7.41. The number of hydrogen-bond donors (Lipinski definition) is 1. The lowest BCUT2D eigenvalue weighted by atomic mass is 10.1. The highest BCUT2D eigenvalue weighted by Crippen LogP contribution is 2.30. The molecule has 25 heavy (non-hydrogen) atoms. The van der Waals surface area contributed by atoms with Gasteiger partial charge in [0.25, 0.3) is 0 Å². The molecule has 0 spiro atoms. The normalized spacial score (nSPS) is 12.9. The Morgan fingerprint density at radius 1 is 1.28 bits per heavy atom. The molecule has 1 N–H and O–H groups in total. The largest absolute Gasteiger partial charge is 0.495 e. The maximum atomic E-state index is 12.6. The molecule has 1 aromatic carbocycles. The first-order valence-corrected chi connectivity index (χ1v) is 10.2. The van der Waals surface area contributed by atoms with E-state index in [9.17, 15) is 8.42 Å². The van der Waals surface area contributed by atoms with Crippen molar-refractivity contribution in [2.75, 3.05) is 13.7 Å². The molecule has 8 heteroatoms. The topological polar surface area (TPSA) is 68.5 Å². The lowest BCUT2D eigenvalue weighted by molar-refractivity contribution is 0.414. The number of hydrogen-bond acceptors (Lipinski definition) is 5. The zero-order valence-corrected chi connectivity index (χ0v) is 15.7. The Hall–Kier alpha value is -1.80. The smallest absolute Gasteiger partial charge is 0.240 e. The van der Waals surface area contributed by atoms with Crippen LogP contribution in [0.2, 0.25) is 5.02 Å². The summed E-state index contributed by atoms with van der Waals surface area (Å²) < 4.78 is 38.3. The number of sulfonamides is 1. The van der Waals surface area contributed by atoms with Crippen LogP contribution in [0.1, 0.15) is 16.6 Å². The number of nitrogens with one attached hydrogen (secondary N) is 1. The van der Waals surface area contributed by atoms with Crippen LogP contribution in [0.3, 0.4) is 0 Å². The van der Waals surface area contributed by atoms with Gasteiger partial charge < -0.3 is 9.15 Å². The Kier molecular flexibility index (Phi) is 5.48. The van der Waals surface area contributed by atoms with Crippen molar-refractivity contribution in [3.63, 3.8) is 0 Å². The summed E-state index contributed by atoms with van der Waals surface area (Å²) in [6, 6.07) is 11.9. The minimum Gasteiger partial charge on any atom is -0.495 e. The Bertz CT molecular complexity index is 887. The number of furan rings is 1. The molecule has 0 amide bonds. The highest BCUT2D eigenvalue weighted by molar-refractivity contribution is 7.89. The number of rotatable bonds is 7. The second-order valence-corrected chi connectivity index (χ2v) is 8.39. The number of methoxy groups -OCH3 is 1. The van der Waals surface area contributed by atoms with Crippen molar-refractivity contribution >= 4 is 33.0 Å². The highest BCUT2D eigenvalue weighted by atomic mass is 35.5. The van der Waals surface area contributed by atoms with Gasteiger partial charge in [-0.25, -0.2) is 13.1 Å². The van der Waals surface area contributed by atoms with E-state index in [2.05, 4.69) is 4.72 Å². The van der Waals surface area contributed by atoms with Crippen molar-refractivity contribution in [1.29, 1.82) is 0 Å². The van der Waals surface area contributed by atoms with Crippen LogP contribution >= 0.6 is 22.9 Å². The predicted octanol–water partition coefficient (Wildman–Crippen LogP) is 4.11. The first-order chi connectivity index (χ1) is 12.0. The minimum absolute atomic E-state index is 0.0858. The Labute approximate surface area is 155 Å². The molecule has 0 aliphatic carbocycles. The molecular formula is C17H16ClNO4S2. The fourth-order valence-electron chi connectivity index (χ4n) is 2.41. The minimum atomic E-state index is -3.71. The lowest BCUT2D eigenvalue weighted by Crippen LogP contribution is -2.28. The number of benzene rings is 1. The van der Waals surface area contributed by atoms with Gasteiger partial charge in [-0.3, -0.25) is 0 Å². The van der Waals surface area contributed by atoms with Gasteiger partial charge in [0, 0.05) is 11.4 Å². The van der Waals surface area contributed by atoms with Crippen molar-refractivity contribution in [3.8, 4) is 5.75 Å². The summed E-state index contributed by atoms with van der Waals surface area (Å²) >= 11 is 7.58. The van der Waals surface area contributed by atoms with Gasteiger partial charge in [-0.2, -0.15) is 0 Å². The van der Waals surface area contributed by atoms with Gasteiger partial charge in [-0.15, -0.1) is 11.3 Å². The first kappa shape index (κ1) is 18.0.